The monoisotopic (exact) mass is 420 g/mol. The van der Waals surface area contributed by atoms with Gasteiger partial charge < -0.3 is 9.88 Å². The van der Waals surface area contributed by atoms with Gasteiger partial charge in [-0.2, -0.15) is 0 Å². The molecule has 0 bridgehead atoms. The van der Waals surface area contributed by atoms with Crippen LogP contribution in [0.1, 0.15) is 24.6 Å². The third-order valence-electron chi connectivity index (χ3n) is 5.97. The average Bonchev–Trinajstić information content (AvgIpc) is 3.32. The number of allylic oxidation sites excluding steroid dienone is 2. The summed E-state index contributed by atoms with van der Waals surface area (Å²) in [5, 5.41) is 6.33. The summed E-state index contributed by atoms with van der Waals surface area (Å²) in [6.07, 6.45) is 3.13. The largest absolute Gasteiger partial charge is 0.372 e. The van der Waals surface area contributed by atoms with Crippen LogP contribution >= 0.6 is 11.8 Å². The SMILES string of the molecule is CC1=CSC(C2=CCCn3c(-c4cccc(C)c4)c4c(=O)n(C)c(=O)n(C)c4c32)N1. The van der Waals surface area contributed by atoms with E-state index in [1.165, 1.54) is 4.57 Å². The molecule has 5 rings (SSSR count). The van der Waals surface area contributed by atoms with Gasteiger partial charge in [0.05, 0.1) is 22.3 Å². The van der Waals surface area contributed by atoms with Gasteiger partial charge >= 0.3 is 5.69 Å². The molecular weight excluding hydrogens is 396 g/mol. The molecule has 4 heterocycles. The summed E-state index contributed by atoms with van der Waals surface area (Å²) in [7, 11) is 3.31. The molecule has 0 saturated heterocycles. The van der Waals surface area contributed by atoms with Crippen LogP contribution in [-0.2, 0) is 20.6 Å². The highest BCUT2D eigenvalue weighted by Gasteiger charge is 2.32. The number of nitrogens with one attached hydrogen (secondary N) is 1. The summed E-state index contributed by atoms with van der Waals surface area (Å²) in [5.74, 6) is 0. The van der Waals surface area contributed by atoms with Crippen molar-refractivity contribution in [2.75, 3.05) is 0 Å². The van der Waals surface area contributed by atoms with Gasteiger partial charge in [0.1, 0.15) is 5.37 Å². The van der Waals surface area contributed by atoms with Gasteiger partial charge in [-0.15, -0.1) is 11.8 Å². The van der Waals surface area contributed by atoms with Gasteiger partial charge in [-0.25, -0.2) is 4.79 Å². The van der Waals surface area contributed by atoms with Crippen LogP contribution in [0.3, 0.4) is 0 Å². The zero-order chi connectivity index (χ0) is 21.2. The van der Waals surface area contributed by atoms with Crippen LogP contribution in [0.2, 0.25) is 0 Å². The van der Waals surface area contributed by atoms with E-state index < -0.39 is 0 Å². The topological polar surface area (TPSA) is 61.0 Å². The predicted molar refractivity (Wildman–Crippen MR) is 123 cm³/mol. The van der Waals surface area contributed by atoms with E-state index in [1.807, 2.05) is 12.1 Å². The molecule has 3 aromatic rings. The molecule has 6 nitrogen and oxygen atoms in total. The van der Waals surface area contributed by atoms with Crippen molar-refractivity contribution in [2.24, 2.45) is 14.1 Å². The van der Waals surface area contributed by atoms with Crippen molar-refractivity contribution >= 4 is 28.2 Å². The Kier molecular flexibility index (Phi) is 4.32. The van der Waals surface area contributed by atoms with E-state index in [0.29, 0.717) is 5.39 Å². The van der Waals surface area contributed by atoms with Crippen molar-refractivity contribution in [1.82, 2.24) is 19.0 Å². The molecule has 2 aliphatic heterocycles. The highest BCUT2D eigenvalue weighted by molar-refractivity contribution is 8.03. The molecular formula is C23H24N4O2S. The number of hydrogen-bond donors (Lipinski definition) is 1. The van der Waals surface area contributed by atoms with Crippen LogP contribution in [0.5, 0.6) is 0 Å². The van der Waals surface area contributed by atoms with Crippen molar-refractivity contribution in [1.29, 1.82) is 0 Å². The molecule has 0 aliphatic carbocycles. The molecule has 30 heavy (non-hydrogen) atoms. The Balaban J connectivity index is 1.92. The molecule has 1 aromatic carbocycles. The Morgan fingerprint density at radius 1 is 1.10 bits per heavy atom. The molecule has 0 fully saturated rings. The van der Waals surface area contributed by atoms with Crippen LogP contribution < -0.4 is 16.6 Å². The van der Waals surface area contributed by atoms with Crippen molar-refractivity contribution in [3.05, 3.63) is 73.5 Å². The van der Waals surface area contributed by atoms with Crippen molar-refractivity contribution < 1.29 is 0 Å². The van der Waals surface area contributed by atoms with Gasteiger partial charge in [-0.3, -0.25) is 13.9 Å². The number of nitrogens with zero attached hydrogens (tertiary/aromatic N) is 3. The molecule has 1 atom stereocenters. The lowest BCUT2D eigenvalue weighted by Crippen LogP contribution is -2.37. The molecule has 0 amide bonds. The summed E-state index contributed by atoms with van der Waals surface area (Å²) < 4.78 is 5.08. The standard InChI is InChI=1S/C23H24N4O2S/c1-13-7-5-8-15(11-13)18-17-20(25(3)23(29)26(4)22(17)28)19-16(9-6-10-27(18)19)21-24-14(2)12-30-21/h5,7-9,11-12,21,24H,6,10H2,1-4H3. The third kappa shape index (κ3) is 2.65. The van der Waals surface area contributed by atoms with Gasteiger partial charge in [0.15, 0.2) is 0 Å². The molecule has 154 valence electrons. The van der Waals surface area contributed by atoms with E-state index in [0.717, 1.165) is 52.3 Å². The van der Waals surface area contributed by atoms with Gasteiger partial charge in [0.2, 0.25) is 0 Å². The molecule has 7 heteroatoms. The quantitative estimate of drug-likeness (QED) is 0.691. The van der Waals surface area contributed by atoms with Crippen molar-refractivity contribution in [2.45, 2.75) is 32.2 Å². The summed E-state index contributed by atoms with van der Waals surface area (Å²) in [6.45, 7) is 4.88. The molecule has 0 spiro atoms. The first-order valence-electron chi connectivity index (χ1n) is 10.1. The molecule has 1 unspecified atom stereocenters. The van der Waals surface area contributed by atoms with E-state index in [-0.39, 0.29) is 16.6 Å². The zero-order valence-corrected chi connectivity index (χ0v) is 18.3. The number of aromatic nitrogens is 3. The van der Waals surface area contributed by atoms with Crippen LogP contribution in [0.25, 0.3) is 27.7 Å². The van der Waals surface area contributed by atoms with Gasteiger partial charge in [-0.05, 0) is 37.3 Å². The number of hydrogen-bond acceptors (Lipinski definition) is 4. The fourth-order valence-electron chi connectivity index (χ4n) is 4.59. The van der Waals surface area contributed by atoms with E-state index in [4.69, 9.17) is 0 Å². The smallest absolute Gasteiger partial charge is 0.331 e. The van der Waals surface area contributed by atoms with Crippen molar-refractivity contribution in [3.63, 3.8) is 0 Å². The van der Waals surface area contributed by atoms with Crippen LogP contribution in [-0.4, -0.2) is 19.1 Å². The van der Waals surface area contributed by atoms with E-state index in [9.17, 15) is 9.59 Å². The number of rotatable bonds is 2. The lowest BCUT2D eigenvalue weighted by atomic mass is 10.1. The first-order chi connectivity index (χ1) is 14.4. The molecule has 0 radical (unpaired) electrons. The minimum absolute atomic E-state index is 0.0756. The highest BCUT2D eigenvalue weighted by atomic mass is 32.2. The maximum Gasteiger partial charge on any atom is 0.331 e. The van der Waals surface area contributed by atoms with Crippen LogP contribution in [0.15, 0.2) is 51.0 Å². The van der Waals surface area contributed by atoms with Gasteiger partial charge in [-0.1, -0.05) is 29.8 Å². The minimum atomic E-state index is -0.303. The number of aryl methyl sites for hydroxylation is 2. The summed E-state index contributed by atoms with van der Waals surface area (Å²) >= 11 is 1.73. The summed E-state index contributed by atoms with van der Waals surface area (Å²) in [4.78, 5) is 26.2. The lowest BCUT2D eigenvalue weighted by molar-refractivity contribution is 0.686. The molecule has 1 N–H and O–H groups in total. The number of thioether (sulfide) groups is 1. The first kappa shape index (κ1) is 19.1. The average molecular weight is 421 g/mol. The fourth-order valence-corrected chi connectivity index (χ4v) is 5.61. The molecule has 0 saturated carbocycles. The highest BCUT2D eigenvalue weighted by Crippen LogP contribution is 2.42. The Hall–Kier alpha value is -2.93. The van der Waals surface area contributed by atoms with Gasteiger partial charge in [0.25, 0.3) is 5.56 Å². The first-order valence-corrected chi connectivity index (χ1v) is 11.0. The maximum atomic E-state index is 13.4. The van der Waals surface area contributed by atoms with E-state index in [1.54, 1.807) is 30.4 Å². The second-order valence-electron chi connectivity index (χ2n) is 8.06. The maximum absolute atomic E-state index is 13.4. The van der Waals surface area contributed by atoms with Gasteiger partial charge in [0, 0.05) is 31.9 Å². The van der Waals surface area contributed by atoms with Crippen LogP contribution in [0.4, 0.5) is 0 Å². The van der Waals surface area contributed by atoms with E-state index in [2.05, 4.69) is 47.3 Å². The Labute approximate surface area is 178 Å². The Bertz CT molecular complexity index is 1390. The second kappa shape index (κ2) is 6.80. The summed E-state index contributed by atoms with van der Waals surface area (Å²) in [6, 6.07) is 8.23. The van der Waals surface area contributed by atoms with E-state index >= 15 is 0 Å². The third-order valence-corrected chi connectivity index (χ3v) is 7.10. The molecule has 2 aliphatic rings. The Morgan fingerprint density at radius 3 is 2.60 bits per heavy atom. The number of fused-ring (bicyclic) bond motifs is 3. The molecule has 2 aromatic heterocycles. The summed E-state index contributed by atoms with van der Waals surface area (Å²) in [5.41, 5.74) is 6.44. The van der Waals surface area contributed by atoms with Crippen LogP contribution in [0, 0.1) is 6.92 Å². The second-order valence-corrected chi connectivity index (χ2v) is 9.04. The number of benzene rings is 1. The fraction of sp³-hybridized carbons (Fsp3) is 0.304. The normalized spacial score (nSPS) is 18.2. The Morgan fingerprint density at radius 2 is 1.90 bits per heavy atom. The lowest BCUT2D eigenvalue weighted by Gasteiger charge is -2.24. The zero-order valence-electron chi connectivity index (χ0n) is 17.5. The minimum Gasteiger partial charge on any atom is -0.372 e. The van der Waals surface area contributed by atoms with Crippen molar-refractivity contribution in [3.8, 4) is 11.3 Å². The predicted octanol–water partition coefficient (Wildman–Crippen LogP) is 3.33.